The zero-order chi connectivity index (χ0) is 27.3. The number of urea groups is 1. The van der Waals surface area contributed by atoms with Crippen LogP contribution >= 0.6 is 11.6 Å². The van der Waals surface area contributed by atoms with Crippen LogP contribution in [0.25, 0.3) is 0 Å². The molecule has 3 N–H and O–H groups in total. The number of hydrogen-bond donors (Lipinski definition) is 3. The van der Waals surface area contributed by atoms with E-state index < -0.39 is 51.0 Å². The lowest BCUT2D eigenvalue weighted by molar-refractivity contribution is 0.0951. The summed E-state index contributed by atoms with van der Waals surface area (Å²) in [6.07, 6.45) is 4.23. The average molecular weight is 498 g/mol. The summed E-state index contributed by atoms with van der Waals surface area (Å²) in [7, 11) is -3.29. The van der Waals surface area contributed by atoms with E-state index >= 15 is 0 Å². The summed E-state index contributed by atoms with van der Waals surface area (Å²) in [6, 6.07) is 0.585. The first-order chi connectivity index (χ1) is 17.5. The van der Waals surface area contributed by atoms with E-state index in [-0.39, 0.29) is 30.1 Å². The maximum absolute atomic E-state index is 12.8. The van der Waals surface area contributed by atoms with Crippen LogP contribution in [0.3, 0.4) is 0 Å². The number of methoxy groups -OCH3 is 1. The van der Waals surface area contributed by atoms with Crippen molar-refractivity contribution in [1.29, 1.82) is 0 Å². The Labute approximate surface area is 204 Å². The average Bonchev–Trinajstić information content (AvgIpc) is 2.84. The molecule has 10 heteroatoms. The number of carbonyl (C=O) groups excluding carboxylic acids is 2. The van der Waals surface area contributed by atoms with Gasteiger partial charge in [0.2, 0.25) is 0 Å². The molecule has 3 amide bonds. The summed E-state index contributed by atoms with van der Waals surface area (Å²) in [5, 5.41) is 5.51. The van der Waals surface area contributed by atoms with Crippen molar-refractivity contribution >= 4 is 33.6 Å². The molecule has 0 bridgehead atoms. The minimum Gasteiger partial charge on any atom is -0.496 e. The van der Waals surface area contributed by atoms with Gasteiger partial charge in [-0.3, -0.25) is 4.79 Å². The van der Waals surface area contributed by atoms with Gasteiger partial charge < -0.3 is 15.4 Å². The maximum atomic E-state index is 12.8. The number of benzene rings is 2. The summed E-state index contributed by atoms with van der Waals surface area (Å²) in [5.41, 5.74) is 0.0903. The Kier molecular flexibility index (Phi) is 6.78. The third-order valence-corrected chi connectivity index (χ3v) is 6.59. The van der Waals surface area contributed by atoms with Gasteiger partial charge in [-0.15, -0.1) is 0 Å². The van der Waals surface area contributed by atoms with Gasteiger partial charge in [0.05, 0.1) is 23.1 Å². The molecule has 0 aliphatic heterocycles. The zero-order valence-corrected chi connectivity index (χ0v) is 19.7. The molecule has 2 aromatic rings. The number of rotatable bonds is 8. The highest BCUT2D eigenvalue weighted by Crippen LogP contribution is 2.22. The quantitative estimate of drug-likeness (QED) is 0.515. The van der Waals surface area contributed by atoms with Crippen molar-refractivity contribution in [1.82, 2.24) is 15.4 Å². The Balaban J connectivity index is 1.75. The van der Waals surface area contributed by atoms with Crippen LogP contribution in [0.1, 0.15) is 53.5 Å². The fourth-order valence-electron chi connectivity index (χ4n) is 3.48. The standard InChI is InChI=1S/C23H28ClN3O5S/c1-32-21-12-9-17(24)15-20(21)22(28)25-14-13-16-7-10-19(11-8-16)33(30,31)27-23(29)26-18-5-3-2-4-6-18/h7-12,15,18H,2-6,13-14H2,1H3,(H,25,28)(H2,26,27,29)/i7D,8D,10D,11D. The van der Waals surface area contributed by atoms with E-state index in [0.717, 1.165) is 32.1 Å². The Morgan fingerprint density at radius 1 is 1.15 bits per heavy atom. The SMILES string of the molecule is [2H]c1c([2H])c(S(=O)(=O)NC(=O)NC2CCCCC2)c([2H])c([2H])c1CCNC(=O)c1cc(Cl)ccc1OC. The molecule has 0 saturated heterocycles. The van der Waals surface area contributed by atoms with Crippen LogP contribution in [0.5, 0.6) is 5.75 Å². The molecule has 33 heavy (non-hydrogen) atoms. The van der Waals surface area contributed by atoms with Gasteiger partial charge in [-0.1, -0.05) is 42.9 Å². The molecule has 1 aliphatic carbocycles. The summed E-state index contributed by atoms with van der Waals surface area (Å²) in [6.45, 7) is -0.0702. The normalized spacial score (nSPS) is 16.1. The molecular formula is C23H28ClN3O5S. The Hall–Kier alpha value is -2.78. The number of sulfonamides is 1. The number of nitrogens with one attached hydrogen (secondary N) is 3. The van der Waals surface area contributed by atoms with Gasteiger partial charge in [-0.05, 0) is 55.1 Å². The first-order valence-electron chi connectivity index (χ1n) is 12.5. The van der Waals surface area contributed by atoms with Crippen molar-refractivity contribution in [3.63, 3.8) is 0 Å². The lowest BCUT2D eigenvalue weighted by Gasteiger charge is -2.22. The smallest absolute Gasteiger partial charge is 0.328 e. The largest absolute Gasteiger partial charge is 0.496 e. The summed E-state index contributed by atoms with van der Waals surface area (Å²) < 4.78 is 65.5. The predicted octanol–water partition coefficient (Wildman–Crippen LogP) is 3.64. The number of amides is 3. The monoisotopic (exact) mass is 497 g/mol. The first-order valence-corrected chi connectivity index (χ1v) is 12.4. The topological polar surface area (TPSA) is 114 Å². The van der Waals surface area contributed by atoms with Crippen LogP contribution in [0.4, 0.5) is 4.79 Å². The van der Waals surface area contributed by atoms with Gasteiger partial charge in [0.25, 0.3) is 15.9 Å². The van der Waals surface area contributed by atoms with Gasteiger partial charge >= 0.3 is 6.03 Å². The molecule has 0 unspecified atom stereocenters. The molecule has 0 heterocycles. The van der Waals surface area contributed by atoms with E-state index in [4.69, 9.17) is 21.8 Å². The maximum Gasteiger partial charge on any atom is 0.328 e. The van der Waals surface area contributed by atoms with Gasteiger partial charge in [-0.25, -0.2) is 17.9 Å². The van der Waals surface area contributed by atoms with Crippen molar-refractivity contribution in [3.05, 3.63) is 58.5 Å². The van der Waals surface area contributed by atoms with Crippen molar-refractivity contribution in [3.8, 4) is 5.75 Å². The fourth-order valence-corrected chi connectivity index (χ4v) is 4.42. The second kappa shape index (κ2) is 11.4. The molecule has 0 radical (unpaired) electrons. The third kappa shape index (κ3) is 7.10. The summed E-state index contributed by atoms with van der Waals surface area (Å²) in [4.78, 5) is 23.9. The van der Waals surface area contributed by atoms with Crippen LogP contribution in [0, 0.1) is 0 Å². The Morgan fingerprint density at radius 3 is 2.52 bits per heavy atom. The molecule has 0 aromatic heterocycles. The van der Waals surface area contributed by atoms with E-state index in [1.54, 1.807) is 10.8 Å². The van der Waals surface area contributed by atoms with Gasteiger partial charge in [0.1, 0.15) is 5.75 Å². The molecule has 0 atom stereocenters. The van der Waals surface area contributed by atoms with Gasteiger partial charge in [0.15, 0.2) is 0 Å². The van der Waals surface area contributed by atoms with Crippen LogP contribution in [-0.2, 0) is 16.4 Å². The highest BCUT2D eigenvalue weighted by molar-refractivity contribution is 7.90. The number of carbonyl (C=O) groups is 2. The molecule has 1 fully saturated rings. The van der Waals surface area contributed by atoms with Crippen LogP contribution < -0.4 is 20.1 Å². The van der Waals surface area contributed by atoms with E-state index in [9.17, 15) is 18.0 Å². The van der Waals surface area contributed by atoms with E-state index in [2.05, 4.69) is 10.6 Å². The third-order valence-electron chi connectivity index (χ3n) is 5.16. The lowest BCUT2D eigenvalue weighted by Crippen LogP contribution is -2.45. The van der Waals surface area contributed by atoms with Crippen LogP contribution in [0.15, 0.2) is 47.3 Å². The van der Waals surface area contributed by atoms with Crippen LogP contribution in [0.2, 0.25) is 5.02 Å². The van der Waals surface area contributed by atoms with Crippen molar-refractivity contribution in [2.24, 2.45) is 0 Å². The second-order valence-corrected chi connectivity index (χ2v) is 9.63. The molecule has 178 valence electrons. The minimum absolute atomic E-state index is 0.0702. The fraction of sp³-hybridized carbons (Fsp3) is 0.391. The zero-order valence-electron chi connectivity index (χ0n) is 22.1. The van der Waals surface area contributed by atoms with E-state index in [1.165, 1.54) is 19.2 Å². The van der Waals surface area contributed by atoms with Crippen LogP contribution in [-0.4, -0.2) is 40.1 Å². The molecule has 3 rings (SSSR count). The molecular weight excluding hydrogens is 466 g/mol. The second-order valence-electron chi connectivity index (χ2n) is 7.57. The molecule has 1 saturated carbocycles. The molecule has 1 aliphatic rings. The van der Waals surface area contributed by atoms with E-state index in [0.29, 0.717) is 10.8 Å². The first kappa shape index (κ1) is 19.7. The molecule has 0 spiro atoms. The predicted molar refractivity (Wildman–Crippen MR) is 126 cm³/mol. The number of ether oxygens (including phenoxy) is 1. The van der Waals surface area contributed by atoms with Crippen molar-refractivity contribution in [2.45, 2.75) is 49.5 Å². The van der Waals surface area contributed by atoms with Crippen molar-refractivity contribution < 1.29 is 28.2 Å². The number of halogens is 1. The Morgan fingerprint density at radius 2 is 1.85 bits per heavy atom. The van der Waals surface area contributed by atoms with Crippen molar-refractivity contribution in [2.75, 3.05) is 13.7 Å². The van der Waals surface area contributed by atoms with Gasteiger partial charge in [0, 0.05) is 17.6 Å². The highest BCUT2D eigenvalue weighted by atomic mass is 35.5. The van der Waals surface area contributed by atoms with E-state index in [1.807, 2.05) is 0 Å². The number of hydrogen-bond acceptors (Lipinski definition) is 5. The van der Waals surface area contributed by atoms with Gasteiger partial charge in [-0.2, -0.15) is 0 Å². The minimum atomic E-state index is -4.69. The highest BCUT2D eigenvalue weighted by Gasteiger charge is 2.21. The molecule has 8 nitrogen and oxygen atoms in total. The molecule has 2 aromatic carbocycles. The lowest BCUT2D eigenvalue weighted by atomic mass is 9.96. The summed E-state index contributed by atoms with van der Waals surface area (Å²) in [5.74, 6) is -0.234. The summed E-state index contributed by atoms with van der Waals surface area (Å²) >= 11 is 5.95. The Bertz CT molecular complexity index is 1270.